The van der Waals surface area contributed by atoms with Gasteiger partial charge in [0.25, 0.3) is 0 Å². The first kappa shape index (κ1) is 8.76. The predicted octanol–water partition coefficient (Wildman–Crippen LogP) is 1.94. The average Bonchev–Trinajstić information content (AvgIpc) is 2.27. The molecule has 0 aliphatic carbocycles. The number of anilines is 1. The summed E-state index contributed by atoms with van der Waals surface area (Å²) >= 11 is 0. The first-order valence-electron chi connectivity index (χ1n) is 4.67. The van der Waals surface area contributed by atoms with Gasteiger partial charge < -0.3 is 5.32 Å². The maximum absolute atomic E-state index is 8.69. The topological polar surface area (TPSA) is 59.7 Å². The average molecular weight is 185 g/mol. The summed E-state index contributed by atoms with van der Waals surface area (Å²) in [5.41, 5.74) is 2.96. The molecule has 3 heteroatoms. The number of benzene rings is 1. The van der Waals surface area contributed by atoms with Gasteiger partial charge in [0.1, 0.15) is 11.8 Å². The molecule has 2 rings (SSSR count). The summed E-state index contributed by atoms with van der Waals surface area (Å²) in [5, 5.41) is 19.5. The number of para-hydroxylation sites is 1. The van der Waals surface area contributed by atoms with E-state index in [9.17, 15) is 0 Å². The summed E-state index contributed by atoms with van der Waals surface area (Å²) in [6, 6.07) is 7.66. The molecule has 1 aromatic rings. The van der Waals surface area contributed by atoms with Gasteiger partial charge in [0.15, 0.2) is 0 Å². The molecule has 0 bridgehead atoms. The fourth-order valence-electron chi connectivity index (χ4n) is 1.78. The molecule has 0 fully saturated rings. The van der Waals surface area contributed by atoms with E-state index < -0.39 is 0 Å². The molecule has 0 spiro atoms. The molecule has 1 aliphatic heterocycles. The molecule has 0 saturated carbocycles. The summed E-state index contributed by atoms with van der Waals surface area (Å²) in [6.07, 6.45) is 2.16. The Bertz CT molecular complexity index is 415. The summed E-state index contributed by atoms with van der Waals surface area (Å²) in [6.45, 7) is 0.933. The molecule has 0 unspecified atom stereocenters. The summed E-state index contributed by atoms with van der Waals surface area (Å²) < 4.78 is 0. The third kappa shape index (κ3) is 1.35. The molecule has 14 heavy (non-hydrogen) atoms. The van der Waals surface area contributed by atoms with E-state index in [0.717, 1.165) is 30.6 Å². The highest BCUT2D eigenvalue weighted by Gasteiger charge is 2.14. The second-order valence-corrected chi connectivity index (χ2v) is 3.36. The number of nitrogens with one attached hydrogen (secondary N) is 2. The van der Waals surface area contributed by atoms with Crippen molar-refractivity contribution in [2.24, 2.45) is 0 Å². The molecule has 0 saturated heterocycles. The Kier molecular flexibility index (Phi) is 2.19. The van der Waals surface area contributed by atoms with Crippen molar-refractivity contribution < 1.29 is 0 Å². The Morgan fingerprint density at radius 1 is 1.50 bits per heavy atom. The lowest BCUT2D eigenvalue weighted by Crippen LogP contribution is -2.15. The van der Waals surface area contributed by atoms with Crippen LogP contribution in [0.2, 0.25) is 0 Å². The van der Waals surface area contributed by atoms with E-state index in [1.54, 1.807) is 0 Å². The van der Waals surface area contributed by atoms with E-state index in [-0.39, 0.29) is 5.71 Å². The van der Waals surface area contributed by atoms with Crippen molar-refractivity contribution in [1.29, 1.82) is 10.7 Å². The van der Waals surface area contributed by atoms with Crippen LogP contribution in [-0.4, -0.2) is 12.3 Å². The van der Waals surface area contributed by atoms with Crippen LogP contribution >= 0.6 is 0 Å². The third-order valence-corrected chi connectivity index (χ3v) is 2.46. The lowest BCUT2D eigenvalue weighted by Gasteiger charge is -2.20. The molecule has 3 nitrogen and oxygen atoms in total. The molecular formula is C11H11N3. The second kappa shape index (κ2) is 3.51. The number of nitrogens with zero attached hydrogens (tertiary/aromatic N) is 1. The first-order valence-corrected chi connectivity index (χ1v) is 4.67. The smallest absolute Gasteiger partial charge is 0.141 e. The van der Waals surface area contributed by atoms with Crippen molar-refractivity contribution in [1.82, 2.24) is 0 Å². The molecule has 70 valence electrons. The largest absolute Gasteiger partial charge is 0.384 e. The fourth-order valence-corrected chi connectivity index (χ4v) is 1.78. The Labute approximate surface area is 82.9 Å². The standard InChI is InChI=1S/C11H11N3/c12-7-10(13)9-5-1-3-8-4-2-6-14-11(8)9/h1,3,5,13-14H,2,4,6H2. The predicted molar refractivity (Wildman–Crippen MR) is 55.7 cm³/mol. The van der Waals surface area contributed by atoms with Crippen LogP contribution in [0.1, 0.15) is 17.5 Å². The van der Waals surface area contributed by atoms with Crippen molar-refractivity contribution >= 4 is 11.4 Å². The number of nitriles is 1. The van der Waals surface area contributed by atoms with E-state index in [0.29, 0.717) is 0 Å². The van der Waals surface area contributed by atoms with Gasteiger partial charge in [-0.05, 0) is 24.5 Å². The number of fused-ring (bicyclic) bond motifs is 1. The SMILES string of the molecule is N#CC(=N)c1cccc2c1NCCC2. The van der Waals surface area contributed by atoms with Gasteiger partial charge in [-0.25, -0.2) is 0 Å². The van der Waals surface area contributed by atoms with Crippen LogP contribution in [0.5, 0.6) is 0 Å². The van der Waals surface area contributed by atoms with E-state index in [1.165, 1.54) is 5.56 Å². The van der Waals surface area contributed by atoms with Crippen LogP contribution < -0.4 is 5.32 Å². The number of rotatable bonds is 1. The Hall–Kier alpha value is -1.82. The van der Waals surface area contributed by atoms with Crippen LogP contribution in [0, 0.1) is 16.7 Å². The van der Waals surface area contributed by atoms with Gasteiger partial charge in [0.2, 0.25) is 0 Å². The Morgan fingerprint density at radius 2 is 2.36 bits per heavy atom. The lowest BCUT2D eigenvalue weighted by molar-refractivity contribution is 0.829. The van der Waals surface area contributed by atoms with E-state index >= 15 is 0 Å². The molecule has 1 heterocycles. The minimum Gasteiger partial charge on any atom is -0.384 e. The first-order chi connectivity index (χ1) is 6.83. The van der Waals surface area contributed by atoms with Gasteiger partial charge in [-0.2, -0.15) is 5.26 Å². The minimum atomic E-state index is 0.0382. The number of hydrogen-bond acceptors (Lipinski definition) is 3. The zero-order valence-corrected chi connectivity index (χ0v) is 7.80. The molecule has 0 aromatic heterocycles. The highest BCUT2D eigenvalue weighted by Crippen LogP contribution is 2.25. The molecule has 0 amide bonds. The number of hydrogen-bond donors (Lipinski definition) is 2. The molecule has 1 aliphatic rings. The lowest BCUT2D eigenvalue weighted by atomic mass is 9.97. The van der Waals surface area contributed by atoms with Crippen LogP contribution in [0.3, 0.4) is 0 Å². The minimum absolute atomic E-state index is 0.0382. The summed E-state index contributed by atoms with van der Waals surface area (Å²) in [4.78, 5) is 0. The van der Waals surface area contributed by atoms with Crippen molar-refractivity contribution in [2.45, 2.75) is 12.8 Å². The van der Waals surface area contributed by atoms with Gasteiger partial charge in [0.05, 0.1) is 0 Å². The van der Waals surface area contributed by atoms with E-state index in [4.69, 9.17) is 10.7 Å². The normalized spacial score (nSPS) is 13.6. The van der Waals surface area contributed by atoms with E-state index in [1.807, 2.05) is 18.2 Å². The maximum Gasteiger partial charge on any atom is 0.141 e. The van der Waals surface area contributed by atoms with Crippen LogP contribution in [0.25, 0.3) is 0 Å². The van der Waals surface area contributed by atoms with Gasteiger partial charge in [-0.15, -0.1) is 0 Å². The monoisotopic (exact) mass is 185 g/mol. The van der Waals surface area contributed by atoms with Crippen molar-refractivity contribution in [3.05, 3.63) is 29.3 Å². The van der Waals surface area contributed by atoms with Crippen molar-refractivity contribution in [3.8, 4) is 6.07 Å². The zero-order valence-electron chi connectivity index (χ0n) is 7.80. The molecule has 2 N–H and O–H groups in total. The van der Waals surface area contributed by atoms with Crippen LogP contribution in [0.15, 0.2) is 18.2 Å². The second-order valence-electron chi connectivity index (χ2n) is 3.36. The van der Waals surface area contributed by atoms with Crippen LogP contribution in [-0.2, 0) is 6.42 Å². The van der Waals surface area contributed by atoms with E-state index in [2.05, 4.69) is 11.4 Å². The zero-order chi connectivity index (χ0) is 9.97. The van der Waals surface area contributed by atoms with Gasteiger partial charge in [-0.3, -0.25) is 5.41 Å². The van der Waals surface area contributed by atoms with Crippen molar-refractivity contribution in [3.63, 3.8) is 0 Å². The molecular weight excluding hydrogens is 174 g/mol. The number of aryl methyl sites for hydroxylation is 1. The maximum atomic E-state index is 8.69. The molecule has 0 radical (unpaired) electrons. The quantitative estimate of drug-likeness (QED) is 0.657. The van der Waals surface area contributed by atoms with Gasteiger partial charge in [-0.1, -0.05) is 12.1 Å². The Morgan fingerprint density at radius 3 is 3.14 bits per heavy atom. The Balaban J connectivity index is 2.51. The van der Waals surface area contributed by atoms with Crippen molar-refractivity contribution in [2.75, 3.05) is 11.9 Å². The molecule has 0 atom stereocenters. The summed E-state index contributed by atoms with van der Waals surface area (Å²) in [7, 11) is 0. The van der Waals surface area contributed by atoms with Gasteiger partial charge >= 0.3 is 0 Å². The summed E-state index contributed by atoms with van der Waals surface area (Å²) in [5.74, 6) is 0. The third-order valence-electron chi connectivity index (χ3n) is 2.46. The highest BCUT2D eigenvalue weighted by molar-refractivity contribution is 6.13. The highest BCUT2D eigenvalue weighted by atomic mass is 14.9. The van der Waals surface area contributed by atoms with Crippen LogP contribution in [0.4, 0.5) is 5.69 Å². The fraction of sp³-hybridized carbons (Fsp3) is 0.273. The molecule has 1 aromatic carbocycles. The van der Waals surface area contributed by atoms with Gasteiger partial charge in [0, 0.05) is 17.8 Å².